The molecule has 53 heavy (non-hydrogen) atoms. The van der Waals surface area contributed by atoms with E-state index in [9.17, 15) is 21.6 Å². The summed E-state index contributed by atoms with van der Waals surface area (Å²) in [7, 11) is -0.240. The highest BCUT2D eigenvalue weighted by Gasteiger charge is 2.40. The van der Waals surface area contributed by atoms with E-state index >= 15 is 4.39 Å². The van der Waals surface area contributed by atoms with Crippen molar-refractivity contribution in [2.75, 3.05) is 73.2 Å². The van der Waals surface area contributed by atoms with Crippen molar-refractivity contribution in [2.45, 2.75) is 56.7 Å². The second kappa shape index (κ2) is 14.7. The first kappa shape index (κ1) is 36.8. The van der Waals surface area contributed by atoms with Gasteiger partial charge in [-0.25, -0.2) is 17.8 Å². The van der Waals surface area contributed by atoms with E-state index in [0.29, 0.717) is 49.6 Å². The van der Waals surface area contributed by atoms with Crippen LogP contribution in [0.1, 0.15) is 38.2 Å². The van der Waals surface area contributed by atoms with Crippen molar-refractivity contribution < 1.29 is 30.7 Å². The van der Waals surface area contributed by atoms with Gasteiger partial charge in [0.2, 0.25) is 16.0 Å². The van der Waals surface area contributed by atoms with Crippen LogP contribution < -0.4 is 24.6 Å². The third-order valence-electron chi connectivity index (χ3n) is 10.1. The van der Waals surface area contributed by atoms with Gasteiger partial charge in [0.1, 0.15) is 11.2 Å². The van der Waals surface area contributed by atoms with Gasteiger partial charge in [0.25, 0.3) is 0 Å². The normalized spacial score (nSPS) is 18.0. The molecule has 4 heterocycles. The molecule has 1 saturated carbocycles. The third-order valence-corrected chi connectivity index (χ3v) is 12.4. The van der Waals surface area contributed by atoms with Gasteiger partial charge in [0.15, 0.2) is 17.4 Å². The van der Waals surface area contributed by atoms with Crippen molar-refractivity contribution >= 4 is 55.6 Å². The van der Waals surface area contributed by atoms with Gasteiger partial charge >= 0.3 is 6.36 Å². The summed E-state index contributed by atoms with van der Waals surface area (Å²) in [5.41, 5.74) is 2.40. The molecule has 2 aliphatic heterocycles. The molecule has 0 amide bonds. The molecule has 1 aliphatic carbocycles. The maximum Gasteiger partial charge on any atom is 0.573 e. The summed E-state index contributed by atoms with van der Waals surface area (Å²) in [6, 6.07) is 6.55. The first-order chi connectivity index (χ1) is 25.3. The number of likely N-dealkylation sites (N-methyl/N-ethyl adjacent to an activating group) is 1. The number of piperazine rings is 1. The van der Waals surface area contributed by atoms with Crippen molar-refractivity contribution in [2.24, 2.45) is 0 Å². The van der Waals surface area contributed by atoms with Crippen LogP contribution in [0.2, 0.25) is 0 Å². The number of hydrogen-bond acceptors (Lipinski definition) is 12. The lowest BCUT2D eigenvalue weighted by atomic mass is 9.99. The quantitative estimate of drug-likeness (QED) is 0.183. The zero-order chi connectivity index (χ0) is 37.5. The zero-order valence-corrected chi connectivity index (χ0v) is 30.5. The number of anilines is 6. The lowest BCUT2D eigenvalue weighted by molar-refractivity contribution is -0.274. The Morgan fingerprint density at radius 3 is 2.34 bits per heavy atom. The summed E-state index contributed by atoms with van der Waals surface area (Å²) >= 11 is 0. The fraction of sp³-hybridized carbons (Fsp3) is 0.486. The van der Waals surface area contributed by atoms with Crippen molar-refractivity contribution in [1.29, 1.82) is 0 Å². The third kappa shape index (κ3) is 8.03. The summed E-state index contributed by atoms with van der Waals surface area (Å²) in [5, 5.41) is 5.13. The fourth-order valence-corrected chi connectivity index (χ4v) is 8.70. The molecule has 3 aliphatic rings. The monoisotopic (exact) mass is 758 g/mol. The molecule has 0 spiro atoms. The van der Waals surface area contributed by atoms with Crippen LogP contribution in [0.15, 0.2) is 42.9 Å². The predicted octanol–water partition coefficient (Wildman–Crippen LogP) is 5.65. The number of aromatic nitrogens is 4. The van der Waals surface area contributed by atoms with Crippen LogP contribution in [0, 0.1) is 5.82 Å². The van der Waals surface area contributed by atoms with Crippen LogP contribution in [0.25, 0.3) is 11.0 Å². The largest absolute Gasteiger partial charge is 0.573 e. The average molecular weight is 759 g/mol. The number of alkyl halides is 3. The Hall–Kier alpha value is -4.55. The fourth-order valence-electron chi connectivity index (χ4n) is 7.08. The molecule has 2 saturated heterocycles. The first-order valence-corrected chi connectivity index (χ1v) is 19.2. The van der Waals surface area contributed by atoms with E-state index in [1.807, 2.05) is 6.92 Å². The standard InChI is InChI=1S/C35H42F4N10O3S/c1-4-22-19-28(30(52-35(37,38)39)20-29(22)49-13-9-23(10-14-49)48-17-15-46(2)16-18-48)44-34-42-21-25(36)33(45-34)43-27-8-7-26-31(41-12-11-40-26)32(27)47(3)53(50,51)24-5-6-24/h7-8,11-12,19-21,23-24H,4-6,9-10,13-18H2,1-3H3,(H2,42,43,44,45). The van der Waals surface area contributed by atoms with Gasteiger partial charge in [0.05, 0.1) is 28.3 Å². The number of halogens is 4. The molecule has 4 aromatic rings. The Labute approximate surface area is 305 Å². The number of sulfonamides is 1. The Kier molecular flexibility index (Phi) is 10.2. The highest BCUT2D eigenvalue weighted by molar-refractivity contribution is 7.93. The van der Waals surface area contributed by atoms with E-state index in [4.69, 9.17) is 0 Å². The molecule has 3 fully saturated rings. The summed E-state index contributed by atoms with van der Waals surface area (Å²) in [5.74, 6) is -1.93. The summed E-state index contributed by atoms with van der Waals surface area (Å²) in [6.45, 7) is 7.35. The van der Waals surface area contributed by atoms with Gasteiger partial charge in [-0.1, -0.05) is 6.92 Å². The van der Waals surface area contributed by atoms with Crippen LogP contribution in [0.4, 0.5) is 52.1 Å². The maximum atomic E-state index is 15.3. The van der Waals surface area contributed by atoms with E-state index < -0.39 is 33.2 Å². The molecule has 0 bridgehead atoms. The Morgan fingerprint density at radius 1 is 0.943 bits per heavy atom. The van der Waals surface area contributed by atoms with Crippen molar-refractivity contribution in [3.05, 3.63) is 54.2 Å². The number of nitrogens with zero attached hydrogens (tertiary/aromatic N) is 8. The average Bonchev–Trinajstić information content (AvgIpc) is 4.00. The van der Waals surface area contributed by atoms with Crippen molar-refractivity contribution in [1.82, 2.24) is 29.7 Å². The molecule has 2 N–H and O–H groups in total. The number of ether oxygens (including phenoxy) is 1. The molecule has 18 heteroatoms. The van der Waals surface area contributed by atoms with E-state index in [1.54, 1.807) is 12.1 Å². The highest BCUT2D eigenvalue weighted by atomic mass is 32.2. The predicted molar refractivity (Wildman–Crippen MR) is 195 cm³/mol. The van der Waals surface area contributed by atoms with Crippen LogP contribution in [0.5, 0.6) is 5.75 Å². The van der Waals surface area contributed by atoms with E-state index in [0.717, 1.165) is 55.1 Å². The van der Waals surface area contributed by atoms with Crippen LogP contribution in [0.3, 0.4) is 0 Å². The lowest BCUT2D eigenvalue weighted by Gasteiger charge is -2.43. The molecular weight excluding hydrogens is 717 g/mol. The van der Waals surface area contributed by atoms with Crippen molar-refractivity contribution in [3.63, 3.8) is 0 Å². The lowest BCUT2D eigenvalue weighted by Crippen LogP contribution is -2.52. The van der Waals surface area contributed by atoms with Crippen LogP contribution in [-0.4, -0.2) is 109 Å². The van der Waals surface area contributed by atoms with Gasteiger partial charge in [-0.05, 0) is 62.9 Å². The second-order valence-corrected chi connectivity index (χ2v) is 15.9. The summed E-state index contributed by atoms with van der Waals surface area (Å²) < 4.78 is 88.9. The molecule has 0 radical (unpaired) electrons. The molecule has 2 aromatic heterocycles. The molecule has 0 unspecified atom stereocenters. The van der Waals surface area contributed by atoms with Gasteiger partial charge in [-0.15, -0.1) is 13.2 Å². The Balaban J connectivity index is 1.17. The second-order valence-electron chi connectivity index (χ2n) is 13.7. The van der Waals surface area contributed by atoms with Crippen LogP contribution in [-0.2, 0) is 16.4 Å². The SMILES string of the molecule is CCc1cc(Nc2ncc(F)c(Nc3ccc4nccnc4c3N(C)S(=O)(=O)C3CC3)n2)c(OC(F)(F)F)cc1N1CCC(N2CCN(C)CC2)CC1. The van der Waals surface area contributed by atoms with E-state index in [-0.39, 0.29) is 34.3 Å². The van der Waals surface area contributed by atoms with Gasteiger partial charge < -0.3 is 25.2 Å². The molecule has 13 nitrogen and oxygen atoms in total. The van der Waals surface area contributed by atoms with E-state index in [1.165, 1.54) is 31.6 Å². The Bertz CT molecular complexity index is 2070. The molecule has 7 rings (SSSR count). The smallest absolute Gasteiger partial charge is 0.403 e. The van der Waals surface area contributed by atoms with Crippen molar-refractivity contribution in [3.8, 4) is 5.75 Å². The van der Waals surface area contributed by atoms with E-state index in [2.05, 4.69) is 57.1 Å². The molecule has 284 valence electrons. The highest BCUT2D eigenvalue weighted by Crippen LogP contribution is 2.41. The minimum absolute atomic E-state index is 0.0512. The summed E-state index contributed by atoms with van der Waals surface area (Å²) in [4.78, 5) is 23.8. The number of rotatable bonds is 11. The number of nitrogens with one attached hydrogen (secondary N) is 2. The van der Waals surface area contributed by atoms with Gasteiger partial charge in [0, 0.05) is 76.5 Å². The number of piperidine rings is 1. The first-order valence-electron chi connectivity index (χ1n) is 17.7. The zero-order valence-electron chi connectivity index (χ0n) is 29.7. The number of fused-ring (bicyclic) bond motifs is 1. The number of benzene rings is 2. The Morgan fingerprint density at radius 2 is 1.66 bits per heavy atom. The molecular formula is C35H42F4N10O3S. The molecule has 2 aromatic carbocycles. The maximum absolute atomic E-state index is 15.3. The van der Waals surface area contributed by atoms with Crippen LogP contribution >= 0.6 is 0 Å². The topological polar surface area (TPSA) is 132 Å². The summed E-state index contributed by atoms with van der Waals surface area (Å²) in [6.07, 6.45) is 2.15. The van der Waals surface area contributed by atoms with Gasteiger partial charge in [-0.2, -0.15) is 4.98 Å². The number of hydrogen-bond donors (Lipinski definition) is 2. The van der Waals surface area contributed by atoms with Gasteiger partial charge in [-0.3, -0.25) is 19.2 Å². The minimum Gasteiger partial charge on any atom is -0.403 e. The number of aryl methyl sites for hydroxylation is 1. The minimum atomic E-state index is -4.99. The molecule has 0 atom stereocenters.